The predicted octanol–water partition coefficient (Wildman–Crippen LogP) is -0.716. The van der Waals surface area contributed by atoms with E-state index in [4.69, 9.17) is 5.26 Å². The number of benzene rings is 1. The van der Waals surface area contributed by atoms with E-state index in [1.165, 1.54) is 24.3 Å². The van der Waals surface area contributed by atoms with Gasteiger partial charge >= 0.3 is 0 Å². The van der Waals surface area contributed by atoms with E-state index in [9.17, 15) is 18.6 Å². The molecule has 1 aliphatic heterocycles. The van der Waals surface area contributed by atoms with Gasteiger partial charge in [0.25, 0.3) is 0 Å². The minimum Gasteiger partial charge on any atom is -0.389 e. The summed E-state index contributed by atoms with van der Waals surface area (Å²) in [5.41, 5.74) is 0.371. The predicted molar refractivity (Wildman–Crippen MR) is 61.9 cm³/mol. The van der Waals surface area contributed by atoms with Crippen LogP contribution < -0.4 is 0 Å². The average molecular weight is 268 g/mol. The van der Waals surface area contributed by atoms with E-state index >= 15 is 0 Å². The minimum atomic E-state index is -3.73. The van der Waals surface area contributed by atoms with Gasteiger partial charge in [-0.15, -0.1) is 0 Å². The molecule has 0 saturated carbocycles. The number of hydrogen-bond acceptors (Lipinski definition) is 5. The van der Waals surface area contributed by atoms with Crippen molar-refractivity contribution in [3.05, 3.63) is 29.8 Å². The number of β-amino-alcohol motifs (C(OH)–C–C–N with tert-alkyl or cyclic N) is 2. The van der Waals surface area contributed by atoms with Gasteiger partial charge in [-0.05, 0) is 24.3 Å². The van der Waals surface area contributed by atoms with Crippen LogP contribution in [0.1, 0.15) is 5.56 Å². The molecule has 0 radical (unpaired) electrons. The maximum atomic E-state index is 12.1. The standard InChI is InChI=1S/C11H12N2O4S/c12-5-8-1-3-9(4-2-8)18(16,17)13-6-10(14)11(15)7-13/h1-4,10-11,14-15H,6-7H2. The highest BCUT2D eigenvalue weighted by Crippen LogP contribution is 2.21. The molecule has 2 rings (SSSR count). The Hall–Kier alpha value is -1.46. The number of aliphatic hydroxyl groups excluding tert-OH is 2. The van der Waals surface area contributed by atoms with Crippen LogP contribution in [0.3, 0.4) is 0 Å². The normalized spacial score (nSPS) is 24.9. The fraction of sp³-hybridized carbons (Fsp3) is 0.364. The zero-order valence-corrected chi connectivity index (χ0v) is 10.2. The Bertz CT molecular complexity index is 566. The highest BCUT2D eigenvalue weighted by Gasteiger charge is 2.37. The molecule has 2 N–H and O–H groups in total. The fourth-order valence-corrected chi connectivity index (χ4v) is 3.26. The molecule has 1 saturated heterocycles. The average Bonchev–Trinajstić information content (AvgIpc) is 2.70. The molecule has 1 heterocycles. The van der Waals surface area contributed by atoms with Crippen molar-refractivity contribution in [3.63, 3.8) is 0 Å². The Morgan fingerprint density at radius 2 is 1.67 bits per heavy atom. The van der Waals surface area contributed by atoms with E-state index in [1.54, 1.807) is 0 Å². The van der Waals surface area contributed by atoms with Crippen LogP contribution in [0.25, 0.3) is 0 Å². The summed E-state index contributed by atoms with van der Waals surface area (Å²) >= 11 is 0. The number of sulfonamides is 1. The molecule has 18 heavy (non-hydrogen) atoms. The number of aliphatic hydroxyl groups is 2. The van der Waals surface area contributed by atoms with Gasteiger partial charge in [-0.25, -0.2) is 8.42 Å². The van der Waals surface area contributed by atoms with E-state index in [2.05, 4.69) is 0 Å². The van der Waals surface area contributed by atoms with E-state index in [1.807, 2.05) is 6.07 Å². The Morgan fingerprint density at radius 3 is 2.11 bits per heavy atom. The molecule has 6 nitrogen and oxygen atoms in total. The van der Waals surface area contributed by atoms with E-state index < -0.39 is 22.2 Å². The second-order valence-corrected chi connectivity index (χ2v) is 6.03. The summed E-state index contributed by atoms with van der Waals surface area (Å²) in [4.78, 5) is 0.0443. The Kier molecular flexibility index (Phi) is 3.36. The van der Waals surface area contributed by atoms with E-state index in [-0.39, 0.29) is 18.0 Å². The fourth-order valence-electron chi connectivity index (χ4n) is 1.78. The first-order chi connectivity index (χ1) is 8.45. The molecule has 1 aliphatic rings. The van der Waals surface area contributed by atoms with Gasteiger partial charge in [-0.1, -0.05) is 0 Å². The highest BCUT2D eigenvalue weighted by atomic mass is 32.2. The largest absolute Gasteiger partial charge is 0.389 e. The molecule has 2 unspecified atom stereocenters. The maximum Gasteiger partial charge on any atom is 0.243 e. The van der Waals surface area contributed by atoms with E-state index in [0.29, 0.717) is 5.56 Å². The van der Waals surface area contributed by atoms with Gasteiger partial charge in [0, 0.05) is 13.1 Å². The van der Waals surface area contributed by atoms with Crippen molar-refractivity contribution in [2.45, 2.75) is 17.1 Å². The molecule has 96 valence electrons. The molecule has 0 aromatic heterocycles. The highest BCUT2D eigenvalue weighted by molar-refractivity contribution is 7.89. The maximum absolute atomic E-state index is 12.1. The first-order valence-corrected chi connectivity index (χ1v) is 6.75. The quantitative estimate of drug-likeness (QED) is 0.737. The molecule has 1 aromatic rings. The summed E-state index contributed by atoms with van der Waals surface area (Å²) in [6.45, 7) is -0.243. The van der Waals surface area contributed by atoms with Crippen LogP contribution in [0.15, 0.2) is 29.2 Å². The Balaban J connectivity index is 2.29. The molecule has 0 bridgehead atoms. The van der Waals surface area contributed by atoms with Crippen molar-refractivity contribution in [2.24, 2.45) is 0 Å². The second kappa shape index (κ2) is 4.66. The van der Waals surface area contributed by atoms with Crippen molar-refractivity contribution in [1.29, 1.82) is 5.26 Å². The Morgan fingerprint density at radius 1 is 1.17 bits per heavy atom. The summed E-state index contributed by atoms with van der Waals surface area (Å²) in [5, 5.41) is 27.4. The summed E-state index contributed by atoms with van der Waals surface area (Å²) in [6.07, 6.45) is -2.11. The molecule has 0 spiro atoms. The van der Waals surface area contributed by atoms with Crippen molar-refractivity contribution >= 4 is 10.0 Å². The van der Waals surface area contributed by atoms with Gasteiger partial charge in [0.2, 0.25) is 10.0 Å². The van der Waals surface area contributed by atoms with Crippen LogP contribution >= 0.6 is 0 Å². The molecular weight excluding hydrogens is 256 g/mol. The SMILES string of the molecule is N#Cc1ccc(S(=O)(=O)N2CC(O)C(O)C2)cc1. The smallest absolute Gasteiger partial charge is 0.243 e. The third-order valence-electron chi connectivity index (χ3n) is 2.85. The summed E-state index contributed by atoms with van der Waals surface area (Å²) in [5.74, 6) is 0. The first-order valence-electron chi connectivity index (χ1n) is 5.31. The summed E-state index contributed by atoms with van der Waals surface area (Å²) < 4.78 is 25.3. The van der Waals surface area contributed by atoms with Crippen LogP contribution in [0.4, 0.5) is 0 Å². The Labute approximate surface area is 105 Å². The van der Waals surface area contributed by atoms with Gasteiger partial charge in [0.15, 0.2) is 0 Å². The van der Waals surface area contributed by atoms with Crippen LogP contribution in [0.5, 0.6) is 0 Å². The van der Waals surface area contributed by atoms with Crippen LogP contribution in [0.2, 0.25) is 0 Å². The van der Waals surface area contributed by atoms with Crippen LogP contribution in [-0.4, -0.2) is 48.2 Å². The van der Waals surface area contributed by atoms with Crippen LogP contribution in [0, 0.1) is 11.3 Å². The molecule has 0 aliphatic carbocycles. The van der Waals surface area contributed by atoms with Gasteiger partial charge in [0.1, 0.15) is 0 Å². The topological polar surface area (TPSA) is 102 Å². The minimum absolute atomic E-state index is 0.0443. The molecule has 0 amide bonds. The molecule has 2 atom stereocenters. The summed E-state index contributed by atoms with van der Waals surface area (Å²) in [7, 11) is -3.73. The first kappa shape index (κ1) is 13.0. The van der Waals surface area contributed by atoms with Gasteiger partial charge < -0.3 is 10.2 Å². The molecule has 1 aromatic carbocycles. The third kappa shape index (κ3) is 2.23. The van der Waals surface area contributed by atoms with Crippen molar-refractivity contribution in [2.75, 3.05) is 13.1 Å². The lowest BCUT2D eigenvalue weighted by molar-refractivity contribution is 0.0572. The zero-order valence-electron chi connectivity index (χ0n) is 9.39. The zero-order chi connectivity index (χ0) is 13.3. The van der Waals surface area contributed by atoms with Gasteiger partial charge in [-0.3, -0.25) is 0 Å². The van der Waals surface area contributed by atoms with Gasteiger partial charge in [0.05, 0.1) is 28.7 Å². The summed E-state index contributed by atoms with van der Waals surface area (Å²) in [6, 6.07) is 7.40. The van der Waals surface area contributed by atoms with Gasteiger partial charge in [-0.2, -0.15) is 9.57 Å². The molecule has 1 fully saturated rings. The number of nitrogens with zero attached hydrogens (tertiary/aromatic N) is 2. The van der Waals surface area contributed by atoms with Crippen molar-refractivity contribution in [3.8, 4) is 6.07 Å². The third-order valence-corrected chi connectivity index (χ3v) is 4.69. The number of hydrogen-bond donors (Lipinski definition) is 2. The van der Waals surface area contributed by atoms with Crippen molar-refractivity contribution in [1.82, 2.24) is 4.31 Å². The number of nitriles is 1. The van der Waals surface area contributed by atoms with Crippen LogP contribution in [-0.2, 0) is 10.0 Å². The van der Waals surface area contributed by atoms with E-state index in [0.717, 1.165) is 4.31 Å². The monoisotopic (exact) mass is 268 g/mol. The van der Waals surface area contributed by atoms with Crippen molar-refractivity contribution < 1.29 is 18.6 Å². The molecular formula is C11H12N2O4S. The second-order valence-electron chi connectivity index (χ2n) is 4.09. The lowest BCUT2D eigenvalue weighted by atomic mass is 10.2. The molecule has 7 heteroatoms. The number of rotatable bonds is 2. The lowest BCUT2D eigenvalue weighted by Gasteiger charge is -2.15. The lowest BCUT2D eigenvalue weighted by Crippen LogP contribution is -2.29.